The van der Waals surface area contributed by atoms with Crippen molar-refractivity contribution in [2.75, 3.05) is 11.5 Å². The monoisotopic (exact) mass is 379 g/mol. The molecule has 7 nitrogen and oxygen atoms in total. The summed E-state index contributed by atoms with van der Waals surface area (Å²) in [7, 11) is 0. The molecule has 0 radical (unpaired) electrons. The van der Waals surface area contributed by atoms with Crippen LogP contribution < -0.4 is 11.5 Å². The van der Waals surface area contributed by atoms with Gasteiger partial charge < -0.3 is 16.6 Å². The number of pyridine rings is 1. The van der Waals surface area contributed by atoms with Crippen molar-refractivity contribution < 1.29 is 9.90 Å². The summed E-state index contributed by atoms with van der Waals surface area (Å²) in [4.78, 5) is 23.8. The van der Waals surface area contributed by atoms with E-state index in [0.29, 0.717) is 33.9 Å². The quantitative estimate of drug-likeness (QED) is 0.584. The number of anilines is 2. The second-order valence-corrected chi connectivity index (χ2v) is 6.02. The molecule has 2 aromatic heterocycles. The molecule has 2 heterocycles. The molecule has 0 fully saturated rings. The van der Waals surface area contributed by atoms with E-state index in [-0.39, 0.29) is 16.5 Å². The maximum atomic E-state index is 11.4. The molecule has 134 valence electrons. The Morgan fingerprint density at radius 1 is 1.15 bits per heavy atom. The number of rotatable bonds is 2. The molecule has 0 unspecified atom stereocenters. The number of nitrogens with zero attached hydrogens (tertiary/aromatic N) is 3. The summed E-state index contributed by atoms with van der Waals surface area (Å²) < 4.78 is 0. The highest BCUT2D eigenvalue weighted by molar-refractivity contribution is 6.33. The van der Waals surface area contributed by atoms with E-state index in [1.165, 1.54) is 12.1 Å². The molecular formula is C19H14ClN5O2. The van der Waals surface area contributed by atoms with E-state index in [9.17, 15) is 9.90 Å². The Morgan fingerprint density at radius 2 is 1.93 bits per heavy atom. The Morgan fingerprint density at radius 3 is 2.59 bits per heavy atom. The molecule has 0 atom stereocenters. The van der Waals surface area contributed by atoms with E-state index in [1.54, 1.807) is 31.3 Å². The van der Waals surface area contributed by atoms with Crippen molar-refractivity contribution in [2.24, 2.45) is 0 Å². The predicted molar refractivity (Wildman–Crippen MR) is 103 cm³/mol. The van der Waals surface area contributed by atoms with Gasteiger partial charge in [0.2, 0.25) is 5.95 Å². The smallest absolute Gasteiger partial charge is 0.337 e. The third-order valence-electron chi connectivity index (χ3n) is 3.70. The molecule has 0 amide bonds. The van der Waals surface area contributed by atoms with Crippen LogP contribution in [0.2, 0.25) is 5.02 Å². The molecule has 0 saturated carbocycles. The highest BCUT2D eigenvalue weighted by Gasteiger charge is 2.15. The summed E-state index contributed by atoms with van der Waals surface area (Å²) in [5.74, 6) is 5.32. The predicted octanol–water partition coefficient (Wildman–Crippen LogP) is 2.76. The first-order valence-corrected chi connectivity index (χ1v) is 8.14. The number of aromatic carboxylic acids is 1. The van der Waals surface area contributed by atoms with E-state index in [4.69, 9.17) is 23.1 Å². The molecule has 0 aliphatic rings. The molecule has 8 heteroatoms. The van der Waals surface area contributed by atoms with Crippen LogP contribution in [0.3, 0.4) is 0 Å². The van der Waals surface area contributed by atoms with E-state index in [0.717, 1.165) is 0 Å². The number of carboxylic acids is 1. The van der Waals surface area contributed by atoms with Crippen molar-refractivity contribution in [3.63, 3.8) is 0 Å². The fourth-order valence-electron chi connectivity index (χ4n) is 2.40. The topological polar surface area (TPSA) is 128 Å². The molecule has 5 N–H and O–H groups in total. The Balaban J connectivity index is 2.16. The van der Waals surface area contributed by atoms with Crippen LogP contribution in [0.15, 0.2) is 36.5 Å². The Hall–Kier alpha value is -3.63. The lowest BCUT2D eigenvalue weighted by atomic mass is 10.0. The maximum Gasteiger partial charge on any atom is 0.337 e. The third kappa shape index (κ3) is 3.97. The lowest BCUT2D eigenvalue weighted by Gasteiger charge is -2.09. The minimum absolute atomic E-state index is 0.0364. The number of carboxylic acid groups (broad SMARTS) is 1. The van der Waals surface area contributed by atoms with Gasteiger partial charge in [0.15, 0.2) is 0 Å². The number of aryl methyl sites for hydroxylation is 1. The lowest BCUT2D eigenvalue weighted by molar-refractivity contribution is 0.0697. The summed E-state index contributed by atoms with van der Waals surface area (Å²) in [6.45, 7) is 1.75. The Kier molecular flexibility index (Phi) is 4.92. The lowest BCUT2D eigenvalue weighted by Crippen LogP contribution is -2.04. The van der Waals surface area contributed by atoms with Gasteiger partial charge in [-0.2, -0.15) is 0 Å². The van der Waals surface area contributed by atoms with Gasteiger partial charge in [-0.25, -0.2) is 19.7 Å². The Bertz CT molecular complexity index is 1100. The van der Waals surface area contributed by atoms with Crippen LogP contribution in [-0.4, -0.2) is 26.0 Å². The molecule has 3 aromatic rings. The summed E-state index contributed by atoms with van der Waals surface area (Å²) in [6.07, 6.45) is 1.56. The molecule has 0 aliphatic heterocycles. The zero-order valence-corrected chi connectivity index (χ0v) is 14.9. The van der Waals surface area contributed by atoms with Crippen LogP contribution in [0.5, 0.6) is 0 Å². The SMILES string of the molecule is Cc1nc(N)nc(-c2ccc(Cl)c(C(=O)O)c2)c1C#Cc1ccc(N)nc1. The zero-order chi connectivity index (χ0) is 19.6. The van der Waals surface area contributed by atoms with E-state index >= 15 is 0 Å². The summed E-state index contributed by atoms with van der Waals surface area (Å²) >= 11 is 5.95. The van der Waals surface area contributed by atoms with Gasteiger partial charge in [-0.05, 0) is 31.2 Å². The number of aromatic nitrogens is 3. The summed E-state index contributed by atoms with van der Waals surface area (Å²) in [5, 5.41) is 9.43. The highest BCUT2D eigenvalue weighted by Crippen LogP contribution is 2.28. The van der Waals surface area contributed by atoms with Gasteiger partial charge in [-0.3, -0.25) is 0 Å². The van der Waals surface area contributed by atoms with Crippen molar-refractivity contribution in [1.29, 1.82) is 0 Å². The van der Waals surface area contributed by atoms with Crippen LogP contribution in [0.4, 0.5) is 11.8 Å². The number of benzene rings is 1. The third-order valence-corrected chi connectivity index (χ3v) is 4.03. The number of nitrogens with two attached hydrogens (primary N) is 2. The first kappa shape index (κ1) is 18.2. The summed E-state index contributed by atoms with van der Waals surface area (Å²) in [6, 6.07) is 7.98. The van der Waals surface area contributed by atoms with Crippen LogP contribution in [0.25, 0.3) is 11.3 Å². The number of nitrogen functional groups attached to an aromatic ring is 2. The first-order valence-electron chi connectivity index (χ1n) is 7.76. The fraction of sp³-hybridized carbons (Fsp3) is 0.0526. The molecular weight excluding hydrogens is 366 g/mol. The van der Waals surface area contributed by atoms with Crippen LogP contribution >= 0.6 is 11.6 Å². The molecule has 0 spiro atoms. The second-order valence-electron chi connectivity index (χ2n) is 5.61. The van der Waals surface area contributed by atoms with E-state index in [1.807, 2.05) is 0 Å². The van der Waals surface area contributed by atoms with Crippen molar-refractivity contribution in [2.45, 2.75) is 6.92 Å². The fourth-order valence-corrected chi connectivity index (χ4v) is 2.60. The number of hydrogen-bond donors (Lipinski definition) is 3. The molecule has 0 saturated heterocycles. The van der Waals surface area contributed by atoms with Crippen LogP contribution in [0.1, 0.15) is 27.2 Å². The average Bonchev–Trinajstić information content (AvgIpc) is 2.62. The average molecular weight is 380 g/mol. The van der Waals surface area contributed by atoms with Gasteiger partial charge in [-0.15, -0.1) is 0 Å². The minimum atomic E-state index is -1.14. The largest absolute Gasteiger partial charge is 0.478 e. The maximum absolute atomic E-state index is 11.4. The molecule has 27 heavy (non-hydrogen) atoms. The molecule has 0 aliphatic carbocycles. The highest BCUT2D eigenvalue weighted by atomic mass is 35.5. The van der Waals surface area contributed by atoms with Crippen LogP contribution in [-0.2, 0) is 0 Å². The van der Waals surface area contributed by atoms with Crippen molar-refractivity contribution in [1.82, 2.24) is 15.0 Å². The zero-order valence-electron chi connectivity index (χ0n) is 14.2. The minimum Gasteiger partial charge on any atom is -0.478 e. The molecule has 3 rings (SSSR count). The number of halogens is 1. The number of carbonyl (C=O) groups is 1. The van der Waals surface area contributed by atoms with Gasteiger partial charge >= 0.3 is 5.97 Å². The molecule has 0 bridgehead atoms. The van der Waals surface area contributed by atoms with E-state index in [2.05, 4.69) is 26.8 Å². The van der Waals surface area contributed by atoms with Crippen LogP contribution in [0, 0.1) is 18.8 Å². The van der Waals surface area contributed by atoms with Crippen molar-refractivity contribution >= 4 is 29.3 Å². The number of hydrogen-bond acceptors (Lipinski definition) is 6. The normalized spacial score (nSPS) is 10.1. The summed E-state index contributed by atoms with van der Waals surface area (Å²) in [5.41, 5.74) is 14.0. The van der Waals surface area contributed by atoms with Crippen molar-refractivity contribution in [3.05, 3.63) is 63.9 Å². The standard InChI is InChI=1S/C19H14ClN5O2/c1-10-13(5-2-11-3-7-16(21)23-9-11)17(25-19(22)24-10)12-4-6-15(20)14(8-12)18(26)27/h3-4,6-9H,1H3,(H2,21,23)(H,26,27)(H2,22,24,25). The molecule has 1 aromatic carbocycles. The second kappa shape index (κ2) is 7.32. The Labute approximate surface area is 160 Å². The van der Waals surface area contributed by atoms with Gasteiger partial charge in [0.1, 0.15) is 5.82 Å². The van der Waals surface area contributed by atoms with Gasteiger partial charge in [0, 0.05) is 17.3 Å². The first-order chi connectivity index (χ1) is 12.8. The van der Waals surface area contributed by atoms with Crippen molar-refractivity contribution in [3.8, 4) is 23.1 Å². The van der Waals surface area contributed by atoms with Gasteiger partial charge in [0.25, 0.3) is 0 Å². The van der Waals surface area contributed by atoms with E-state index < -0.39 is 5.97 Å². The van der Waals surface area contributed by atoms with Gasteiger partial charge in [0.05, 0.1) is 27.5 Å². The van der Waals surface area contributed by atoms with Gasteiger partial charge in [-0.1, -0.05) is 29.5 Å².